The first kappa shape index (κ1) is 23.5. The fourth-order valence-corrected chi connectivity index (χ4v) is 3.02. The average molecular weight is 433 g/mol. The lowest BCUT2D eigenvalue weighted by Gasteiger charge is -2.25. The third-order valence-electron chi connectivity index (χ3n) is 4.52. The summed E-state index contributed by atoms with van der Waals surface area (Å²) < 4.78 is 37.0. The zero-order chi connectivity index (χ0) is 23.1. The van der Waals surface area contributed by atoms with Gasteiger partial charge in [-0.05, 0) is 0 Å². The largest absolute Gasteiger partial charge is 0.871 e. The molecular formula is C22H25O9-. The molecule has 0 unspecified atom stereocenters. The van der Waals surface area contributed by atoms with Crippen LogP contribution in [0.3, 0.4) is 0 Å². The maximum Gasteiger partial charge on any atom is 0.338 e. The molecule has 0 aromatic heterocycles. The summed E-state index contributed by atoms with van der Waals surface area (Å²) in [6.45, 7) is 0. The fraction of sp³-hybridized carbons (Fsp3) is 0.318. The van der Waals surface area contributed by atoms with Crippen molar-refractivity contribution in [2.75, 3.05) is 49.8 Å². The summed E-state index contributed by atoms with van der Waals surface area (Å²) in [7, 11) is 9.67. The molecule has 0 saturated heterocycles. The van der Waals surface area contributed by atoms with Crippen molar-refractivity contribution in [3.63, 3.8) is 0 Å². The first-order valence-electron chi connectivity index (χ1n) is 9.00. The minimum atomic E-state index is -0.897. The van der Waals surface area contributed by atoms with Gasteiger partial charge in [-0.3, -0.25) is 0 Å². The third kappa shape index (κ3) is 4.55. The van der Waals surface area contributed by atoms with Crippen LogP contribution in [0.2, 0.25) is 0 Å². The van der Waals surface area contributed by atoms with Crippen LogP contribution in [0.1, 0.15) is 11.1 Å². The van der Waals surface area contributed by atoms with Crippen LogP contribution in [0, 0.1) is 0 Å². The molecule has 0 amide bonds. The summed E-state index contributed by atoms with van der Waals surface area (Å²) in [5.41, 5.74) is -0.227. The summed E-state index contributed by atoms with van der Waals surface area (Å²) in [5.74, 6) is -0.147. The van der Waals surface area contributed by atoms with E-state index in [0.29, 0.717) is 11.5 Å². The van der Waals surface area contributed by atoms with Crippen LogP contribution in [0.4, 0.5) is 0 Å². The van der Waals surface area contributed by atoms with Crippen molar-refractivity contribution in [2.45, 2.75) is 0 Å². The van der Waals surface area contributed by atoms with E-state index in [-0.39, 0.29) is 39.7 Å². The molecule has 0 radical (unpaired) electrons. The van der Waals surface area contributed by atoms with Gasteiger partial charge in [0.05, 0.1) is 66.5 Å². The van der Waals surface area contributed by atoms with Crippen molar-refractivity contribution in [2.24, 2.45) is 0 Å². The Morgan fingerprint density at radius 3 is 1.26 bits per heavy atom. The fourth-order valence-electron chi connectivity index (χ4n) is 3.02. The first-order chi connectivity index (χ1) is 14.9. The van der Waals surface area contributed by atoms with Gasteiger partial charge in [0.2, 0.25) is 0 Å². The maximum atomic E-state index is 13.7. The summed E-state index contributed by atoms with van der Waals surface area (Å²) in [6, 6.07) is 6.06. The second-order valence-electron chi connectivity index (χ2n) is 6.01. The standard InChI is InChI=1S/C22H26O9/c1-25-12-8-14(27-3)18(15(9-12)28-4)20(22(24)31-7)21(23)19-16(29-5)10-13(26-2)11-17(19)30-6/h8-11,23H,1-7H3/p-1/b21-20-. The van der Waals surface area contributed by atoms with Crippen LogP contribution >= 0.6 is 0 Å². The summed E-state index contributed by atoms with van der Waals surface area (Å²) >= 11 is 0. The zero-order valence-electron chi connectivity index (χ0n) is 18.5. The van der Waals surface area contributed by atoms with Gasteiger partial charge in [-0.15, -0.1) is 0 Å². The topological polar surface area (TPSA) is 105 Å². The van der Waals surface area contributed by atoms with Crippen LogP contribution in [-0.4, -0.2) is 55.7 Å². The quantitative estimate of drug-likeness (QED) is 0.254. The second kappa shape index (κ2) is 10.3. The lowest BCUT2D eigenvalue weighted by atomic mass is 9.97. The highest BCUT2D eigenvalue weighted by molar-refractivity contribution is 6.25. The number of carbonyl (C=O) groups excluding carboxylic acids is 1. The Labute approximate surface area is 180 Å². The summed E-state index contributed by atoms with van der Waals surface area (Å²) in [5, 5.41) is 13.7. The van der Waals surface area contributed by atoms with Crippen molar-refractivity contribution in [3.05, 3.63) is 35.4 Å². The van der Waals surface area contributed by atoms with E-state index in [9.17, 15) is 9.90 Å². The predicted octanol–water partition coefficient (Wildman–Crippen LogP) is 2.14. The smallest absolute Gasteiger partial charge is 0.338 e. The molecule has 2 aromatic carbocycles. The molecule has 0 spiro atoms. The van der Waals surface area contributed by atoms with Crippen LogP contribution in [-0.2, 0) is 9.53 Å². The molecule has 0 N–H and O–H groups in total. The van der Waals surface area contributed by atoms with Crippen LogP contribution in [0.5, 0.6) is 34.5 Å². The van der Waals surface area contributed by atoms with Crippen LogP contribution in [0.15, 0.2) is 24.3 Å². The van der Waals surface area contributed by atoms with Gasteiger partial charge in [0.25, 0.3) is 0 Å². The maximum absolute atomic E-state index is 13.7. The predicted molar refractivity (Wildman–Crippen MR) is 111 cm³/mol. The van der Waals surface area contributed by atoms with Gasteiger partial charge in [0.1, 0.15) is 34.5 Å². The highest BCUT2D eigenvalue weighted by atomic mass is 16.5. The third-order valence-corrected chi connectivity index (χ3v) is 4.52. The minimum absolute atomic E-state index is 0.00567. The van der Waals surface area contributed by atoms with E-state index in [0.717, 1.165) is 0 Å². The van der Waals surface area contributed by atoms with Crippen LogP contribution in [0.25, 0.3) is 11.3 Å². The molecule has 0 aliphatic heterocycles. The number of ether oxygens (including phenoxy) is 7. The molecule has 0 aliphatic carbocycles. The van der Waals surface area contributed by atoms with Crippen molar-refractivity contribution in [1.29, 1.82) is 0 Å². The number of carbonyl (C=O) groups is 1. The number of hydrogen-bond acceptors (Lipinski definition) is 9. The second-order valence-corrected chi connectivity index (χ2v) is 6.01. The van der Waals surface area contributed by atoms with Gasteiger partial charge >= 0.3 is 5.97 Å². The Balaban J connectivity index is 2.99. The van der Waals surface area contributed by atoms with E-state index >= 15 is 0 Å². The summed E-state index contributed by atoms with van der Waals surface area (Å²) in [6.07, 6.45) is 0. The van der Waals surface area contributed by atoms with Crippen molar-refractivity contribution < 1.29 is 43.1 Å². The molecular weight excluding hydrogens is 408 g/mol. The number of rotatable bonds is 9. The van der Waals surface area contributed by atoms with Crippen molar-refractivity contribution >= 4 is 17.3 Å². The SMILES string of the molecule is COC(=O)/C(=C(\[O-])c1c(OC)cc(OC)cc1OC)c1c(OC)cc(OC)cc1OC. The van der Waals surface area contributed by atoms with E-state index in [4.69, 9.17) is 33.2 Å². The molecule has 9 heteroatoms. The van der Waals surface area contributed by atoms with E-state index in [1.807, 2.05) is 0 Å². The zero-order valence-corrected chi connectivity index (χ0v) is 18.5. The molecule has 31 heavy (non-hydrogen) atoms. The Morgan fingerprint density at radius 2 is 0.968 bits per heavy atom. The van der Waals surface area contributed by atoms with E-state index in [1.54, 1.807) is 0 Å². The molecule has 0 heterocycles. The number of esters is 1. The van der Waals surface area contributed by atoms with E-state index in [1.165, 1.54) is 74.0 Å². The molecule has 0 bridgehead atoms. The first-order valence-corrected chi connectivity index (χ1v) is 9.00. The minimum Gasteiger partial charge on any atom is -0.871 e. The normalized spacial score (nSPS) is 11.2. The lowest BCUT2D eigenvalue weighted by molar-refractivity contribution is -0.243. The van der Waals surface area contributed by atoms with Gasteiger partial charge in [0, 0.05) is 24.3 Å². The van der Waals surface area contributed by atoms with Crippen LogP contribution < -0.4 is 33.5 Å². The molecule has 168 valence electrons. The lowest BCUT2D eigenvalue weighted by Crippen LogP contribution is -2.16. The molecule has 0 atom stereocenters. The molecule has 0 fully saturated rings. The van der Waals surface area contributed by atoms with Gasteiger partial charge in [-0.2, -0.15) is 0 Å². The number of benzene rings is 2. The van der Waals surface area contributed by atoms with Gasteiger partial charge in [-0.25, -0.2) is 4.79 Å². The molecule has 9 nitrogen and oxygen atoms in total. The molecule has 2 aromatic rings. The molecule has 0 aliphatic rings. The van der Waals surface area contributed by atoms with E-state index in [2.05, 4.69) is 0 Å². The monoisotopic (exact) mass is 433 g/mol. The Morgan fingerprint density at radius 1 is 0.613 bits per heavy atom. The highest BCUT2D eigenvalue weighted by Gasteiger charge is 2.26. The highest BCUT2D eigenvalue weighted by Crippen LogP contribution is 2.44. The van der Waals surface area contributed by atoms with Crippen molar-refractivity contribution in [3.8, 4) is 34.5 Å². The van der Waals surface area contributed by atoms with Crippen molar-refractivity contribution in [1.82, 2.24) is 0 Å². The molecule has 2 rings (SSSR count). The Bertz CT molecular complexity index is 929. The van der Waals surface area contributed by atoms with Gasteiger partial charge < -0.3 is 38.3 Å². The number of methoxy groups -OCH3 is 7. The average Bonchev–Trinajstić information content (AvgIpc) is 2.82. The van der Waals surface area contributed by atoms with Gasteiger partial charge in [-0.1, -0.05) is 5.76 Å². The summed E-state index contributed by atoms with van der Waals surface area (Å²) in [4.78, 5) is 12.8. The van der Waals surface area contributed by atoms with Gasteiger partial charge in [0.15, 0.2) is 0 Å². The molecule has 0 saturated carbocycles. The Kier molecular flexibility index (Phi) is 7.84. The Hall–Kier alpha value is -3.75. The number of hydrogen-bond donors (Lipinski definition) is 0. The van der Waals surface area contributed by atoms with E-state index < -0.39 is 11.7 Å².